The highest BCUT2D eigenvalue weighted by molar-refractivity contribution is 5.95. The van der Waals surface area contributed by atoms with Gasteiger partial charge in [-0.1, -0.05) is 63.3 Å². The number of carboxylic acid groups (broad SMARTS) is 1. The summed E-state index contributed by atoms with van der Waals surface area (Å²) >= 11 is 0. The summed E-state index contributed by atoms with van der Waals surface area (Å²) in [6, 6.07) is 10.9. The molecule has 0 aliphatic heterocycles. The Bertz CT molecular complexity index is 1040. The second kappa shape index (κ2) is 10.5. The largest absolute Gasteiger partial charge is 0.478 e. The van der Waals surface area contributed by atoms with Crippen LogP contribution in [0, 0.1) is 0 Å². The van der Waals surface area contributed by atoms with E-state index in [1.165, 1.54) is 44.9 Å². The van der Waals surface area contributed by atoms with Crippen molar-refractivity contribution in [3.63, 3.8) is 0 Å². The van der Waals surface area contributed by atoms with Gasteiger partial charge in [0.25, 0.3) is 0 Å². The van der Waals surface area contributed by atoms with Gasteiger partial charge in [-0.2, -0.15) is 5.10 Å². The van der Waals surface area contributed by atoms with E-state index in [2.05, 4.69) is 16.6 Å². The van der Waals surface area contributed by atoms with E-state index < -0.39 is 5.97 Å². The van der Waals surface area contributed by atoms with Gasteiger partial charge in [0.05, 0.1) is 17.8 Å². The minimum absolute atomic E-state index is 0.263. The van der Waals surface area contributed by atoms with Crippen molar-refractivity contribution >= 4 is 5.97 Å². The van der Waals surface area contributed by atoms with E-state index in [0.717, 1.165) is 30.1 Å². The van der Waals surface area contributed by atoms with Gasteiger partial charge in [-0.05, 0) is 37.0 Å². The zero-order valence-electron chi connectivity index (χ0n) is 18.8. The topological polar surface area (TPSA) is 80.9 Å². The van der Waals surface area contributed by atoms with Crippen LogP contribution < -0.4 is 0 Å². The monoisotopic (exact) mass is 432 g/mol. The molecule has 1 N–H and O–H groups in total. The normalized spacial score (nSPS) is 14.5. The van der Waals surface area contributed by atoms with Crippen LogP contribution >= 0.6 is 0 Å². The average Bonchev–Trinajstić information content (AvgIpc) is 3.23. The lowest BCUT2D eigenvalue weighted by atomic mass is 9.89. The molecule has 3 aromatic rings. The first-order valence-corrected chi connectivity index (χ1v) is 11.9. The Balaban J connectivity index is 1.55. The molecule has 6 heteroatoms. The zero-order chi connectivity index (χ0) is 22.3. The van der Waals surface area contributed by atoms with Crippen molar-refractivity contribution in [3.8, 4) is 11.3 Å². The molecule has 0 saturated heterocycles. The second-order valence-electron chi connectivity index (χ2n) is 8.74. The van der Waals surface area contributed by atoms with Crippen molar-refractivity contribution < 1.29 is 9.90 Å². The minimum atomic E-state index is -0.943. The molecule has 0 unspecified atom stereocenters. The lowest BCUT2D eigenvalue weighted by Gasteiger charge is -2.18. The maximum atomic E-state index is 11.5. The number of aromatic nitrogens is 4. The lowest BCUT2D eigenvalue weighted by Crippen LogP contribution is -2.09. The van der Waals surface area contributed by atoms with E-state index in [4.69, 9.17) is 10.1 Å². The average molecular weight is 433 g/mol. The number of carbonyl (C=O) groups is 1. The number of nitrogens with zero attached hydrogens (tertiary/aromatic N) is 4. The molecule has 6 nitrogen and oxygen atoms in total. The summed E-state index contributed by atoms with van der Waals surface area (Å²) in [4.78, 5) is 21.1. The lowest BCUT2D eigenvalue weighted by molar-refractivity contribution is 0.0697. The summed E-state index contributed by atoms with van der Waals surface area (Å²) in [7, 11) is 0. The van der Waals surface area contributed by atoms with Crippen molar-refractivity contribution in [2.75, 3.05) is 0 Å². The molecule has 0 radical (unpaired) electrons. The van der Waals surface area contributed by atoms with Gasteiger partial charge in [0.1, 0.15) is 5.82 Å². The number of aromatic carboxylic acids is 1. The first-order chi connectivity index (χ1) is 15.7. The summed E-state index contributed by atoms with van der Waals surface area (Å²) in [6.45, 7) is 2.85. The van der Waals surface area contributed by atoms with Crippen molar-refractivity contribution in [2.45, 2.75) is 77.2 Å². The van der Waals surface area contributed by atoms with Crippen LogP contribution in [0.4, 0.5) is 0 Å². The number of benzene rings is 1. The smallest absolute Gasteiger partial charge is 0.336 e. The van der Waals surface area contributed by atoms with Gasteiger partial charge in [-0.25, -0.2) is 14.5 Å². The SMILES string of the molecule is CCCCCc1nc(C2CCCCC2)nn1Cc1ccc(-c2ccccc2C(=O)O)nc1. The molecule has 0 bridgehead atoms. The van der Waals surface area contributed by atoms with Gasteiger partial charge in [0, 0.05) is 24.1 Å². The fraction of sp³-hybridized carbons (Fsp3) is 0.462. The fourth-order valence-electron chi connectivity index (χ4n) is 4.52. The first-order valence-electron chi connectivity index (χ1n) is 11.9. The predicted molar refractivity (Wildman–Crippen MR) is 125 cm³/mol. The second-order valence-corrected chi connectivity index (χ2v) is 8.74. The van der Waals surface area contributed by atoms with E-state index in [0.29, 0.717) is 23.7 Å². The van der Waals surface area contributed by atoms with E-state index >= 15 is 0 Å². The molecular weight excluding hydrogens is 400 g/mol. The fourth-order valence-corrected chi connectivity index (χ4v) is 4.52. The van der Waals surface area contributed by atoms with Crippen LogP contribution in [0.15, 0.2) is 42.6 Å². The Morgan fingerprint density at radius 1 is 1.09 bits per heavy atom. The van der Waals surface area contributed by atoms with Gasteiger partial charge < -0.3 is 5.11 Å². The van der Waals surface area contributed by atoms with Gasteiger partial charge in [0.15, 0.2) is 5.82 Å². The van der Waals surface area contributed by atoms with E-state index in [9.17, 15) is 9.90 Å². The molecule has 2 heterocycles. The molecule has 1 aromatic carbocycles. The standard InChI is InChI=1S/C26H32N4O2/c1-2-3-5-14-24-28-25(20-10-6-4-7-11-20)29-30(24)18-19-15-16-23(27-17-19)21-12-8-9-13-22(21)26(31)32/h8-9,12-13,15-17,20H,2-7,10-11,14,18H2,1H3,(H,31,32). The maximum absolute atomic E-state index is 11.5. The maximum Gasteiger partial charge on any atom is 0.336 e. The summed E-state index contributed by atoms with van der Waals surface area (Å²) < 4.78 is 2.06. The Morgan fingerprint density at radius 3 is 2.62 bits per heavy atom. The van der Waals surface area contributed by atoms with Gasteiger partial charge in [-0.3, -0.25) is 4.98 Å². The summed E-state index contributed by atoms with van der Waals surface area (Å²) in [5, 5.41) is 14.4. The predicted octanol–water partition coefficient (Wildman–Crippen LogP) is 5.87. The van der Waals surface area contributed by atoms with E-state index in [-0.39, 0.29) is 5.56 Å². The van der Waals surface area contributed by atoms with Crippen LogP contribution in [0.1, 0.15) is 91.8 Å². The van der Waals surface area contributed by atoms with Crippen molar-refractivity contribution in [2.24, 2.45) is 0 Å². The molecule has 0 spiro atoms. The third-order valence-corrected chi connectivity index (χ3v) is 6.33. The number of rotatable bonds is 9. The summed E-state index contributed by atoms with van der Waals surface area (Å²) in [5.74, 6) is 1.62. The highest BCUT2D eigenvalue weighted by Crippen LogP contribution is 2.31. The van der Waals surface area contributed by atoms with Gasteiger partial charge >= 0.3 is 5.97 Å². The van der Waals surface area contributed by atoms with Crippen LogP contribution in [0.2, 0.25) is 0 Å². The van der Waals surface area contributed by atoms with Crippen molar-refractivity contribution in [3.05, 3.63) is 65.4 Å². The Labute approximate surface area is 189 Å². The van der Waals surface area contributed by atoms with E-state index in [1.807, 2.05) is 24.4 Å². The molecular formula is C26H32N4O2. The first kappa shape index (κ1) is 22.2. The Kier molecular flexibility index (Phi) is 7.30. The molecule has 1 aliphatic rings. The number of carboxylic acids is 1. The quantitative estimate of drug-likeness (QED) is 0.428. The molecule has 1 saturated carbocycles. The van der Waals surface area contributed by atoms with Crippen LogP contribution in [0.25, 0.3) is 11.3 Å². The zero-order valence-corrected chi connectivity index (χ0v) is 18.8. The van der Waals surface area contributed by atoms with Crippen molar-refractivity contribution in [1.29, 1.82) is 0 Å². The van der Waals surface area contributed by atoms with Crippen LogP contribution in [0.3, 0.4) is 0 Å². The molecule has 2 aromatic heterocycles. The number of hydrogen-bond acceptors (Lipinski definition) is 4. The number of aryl methyl sites for hydroxylation is 1. The minimum Gasteiger partial charge on any atom is -0.478 e. The molecule has 4 rings (SSSR count). The van der Waals surface area contributed by atoms with Crippen molar-refractivity contribution in [1.82, 2.24) is 19.7 Å². The third-order valence-electron chi connectivity index (χ3n) is 6.33. The molecule has 168 valence electrons. The molecule has 1 fully saturated rings. The van der Waals surface area contributed by atoms with Gasteiger partial charge in [0.2, 0.25) is 0 Å². The van der Waals surface area contributed by atoms with E-state index in [1.54, 1.807) is 18.2 Å². The number of hydrogen-bond donors (Lipinski definition) is 1. The molecule has 0 amide bonds. The van der Waals surface area contributed by atoms with Crippen LogP contribution in [-0.2, 0) is 13.0 Å². The summed E-state index contributed by atoms with van der Waals surface area (Å²) in [6.07, 6.45) is 12.5. The summed E-state index contributed by atoms with van der Waals surface area (Å²) in [5.41, 5.74) is 2.60. The third kappa shape index (κ3) is 5.23. The molecule has 32 heavy (non-hydrogen) atoms. The highest BCUT2D eigenvalue weighted by atomic mass is 16.4. The van der Waals surface area contributed by atoms with Crippen LogP contribution in [0.5, 0.6) is 0 Å². The number of unbranched alkanes of at least 4 members (excludes halogenated alkanes) is 2. The van der Waals surface area contributed by atoms with Gasteiger partial charge in [-0.15, -0.1) is 0 Å². The molecule has 0 atom stereocenters. The van der Waals surface area contributed by atoms with Crippen LogP contribution in [-0.4, -0.2) is 30.8 Å². The Hall–Kier alpha value is -3.02. The molecule has 1 aliphatic carbocycles. The highest BCUT2D eigenvalue weighted by Gasteiger charge is 2.21. The Morgan fingerprint density at radius 2 is 1.91 bits per heavy atom. The number of pyridine rings is 1.